The molecule has 9 heteroatoms. The van der Waals surface area contributed by atoms with Gasteiger partial charge in [0.1, 0.15) is 12.2 Å². The van der Waals surface area contributed by atoms with Crippen molar-refractivity contribution in [3.05, 3.63) is 27.1 Å². The summed E-state index contributed by atoms with van der Waals surface area (Å²) in [6.45, 7) is -0.753. The average molecular weight is 302 g/mol. The Kier molecular flexibility index (Phi) is 3.77. The summed E-state index contributed by atoms with van der Waals surface area (Å²) in [7, 11) is 0. The predicted octanol–water partition coefficient (Wildman–Crippen LogP) is -1.34. The van der Waals surface area contributed by atoms with Crippen molar-refractivity contribution in [2.24, 2.45) is 0 Å². The Balaban J connectivity index is 2.51. The first kappa shape index (κ1) is 14.8. The van der Waals surface area contributed by atoms with Crippen molar-refractivity contribution in [1.29, 1.82) is 0 Å². The van der Waals surface area contributed by atoms with E-state index in [4.69, 9.17) is 23.4 Å². The topological polar surface area (TPSA) is 108 Å². The van der Waals surface area contributed by atoms with Gasteiger partial charge in [0.25, 0.3) is 5.56 Å². The van der Waals surface area contributed by atoms with Crippen LogP contribution >= 0.6 is 12.2 Å². The maximum Gasteiger partial charge on any atom is 0.287 e. The Hall–Kier alpha value is -1.57. The molecule has 0 aromatic carbocycles. The van der Waals surface area contributed by atoms with Gasteiger partial charge in [-0.2, -0.15) is 4.39 Å². The Bertz CT molecular complexity index is 681. The van der Waals surface area contributed by atoms with Gasteiger partial charge in [0.2, 0.25) is 5.82 Å². The highest BCUT2D eigenvalue weighted by molar-refractivity contribution is 7.71. The van der Waals surface area contributed by atoms with Gasteiger partial charge in [-0.25, -0.2) is 0 Å². The normalized spacial score (nSPS) is 33.0. The lowest BCUT2D eigenvalue weighted by atomic mass is 9.97. The number of aliphatic hydroxyl groups is 3. The summed E-state index contributed by atoms with van der Waals surface area (Å²) in [5.74, 6) is 0.910. The van der Waals surface area contributed by atoms with Crippen LogP contribution in [-0.4, -0.2) is 49.3 Å². The minimum Gasteiger partial charge on any atom is -0.392 e. The van der Waals surface area contributed by atoms with Crippen LogP contribution in [0, 0.1) is 22.9 Å². The second-order valence-electron chi connectivity index (χ2n) is 4.28. The van der Waals surface area contributed by atoms with Crippen molar-refractivity contribution >= 4 is 12.2 Å². The molecule has 4 N–H and O–H groups in total. The van der Waals surface area contributed by atoms with E-state index in [1.54, 1.807) is 0 Å². The fourth-order valence-electron chi connectivity index (χ4n) is 1.95. The van der Waals surface area contributed by atoms with Crippen molar-refractivity contribution in [2.75, 3.05) is 6.61 Å². The smallest absolute Gasteiger partial charge is 0.287 e. The third-order valence-electron chi connectivity index (χ3n) is 3.10. The fraction of sp³-hybridized carbons (Fsp3) is 0.455. The van der Waals surface area contributed by atoms with Crippen molar-refractivity contribution in [3.8, 4) is 12.3 Å². The quantitative estimate of drug-likeness (QED) is 0.398. The van der Waals surface area contributed by atoms with Crippen molar-refractivity contribution in [1.82, 2.24) is 9.55 Å². The number of aliphatic hydroxyl groups excluding tert-OH is 3. The summed E-state index contributed by atoms with van der Waals surface area (Å²) in [6.07, 6.45) is 1.42. The van der Waals surface area contributed by atoms with Crippen LogP contribution in [0.3, 0.4) is 0 Å². The van der Waals surface area contributed by atoms with Gasteiger partial charge in [-0.15, -0.1) is 6.42 Å². The number of H-pyrrole nitrogens is 1. The van der Waals surface area contributed by atoms with E-state index in [1.807, 2.05) is 4.98 Å². The van der Waals surface area contributed by atoms with Crippen LogP contribution in [-0.2, 0) is 4.74 Å². The second kappa shape index (κ2) is 5.08. The number of rotatable bonds is 2. The number of hydrogen-bond acceptors (Lipinski definition) is 6. The van der Waals surface area contributed by atoms with E-state index in [0.717, 1.165) is 10.8 Å². The standard InChI is InChI=1S/C11H11FN2O5S/c1-2-11(4-15)7(17)6(16)9(19-11)14-3-5(12)8(18)13-10(14)20/h1,3,6-7,9,15-17H,4H2,(H,13,18,20)/t6?,7-,9-,11-/m1/s1. The van der Waals surface area contributed by atoms with Gasteiger partial charge in [-0.3, -0.25) is 14.3 Å². The molecule has 0 radical (unpaired) electrons. The van der Waals surface area contributed by atoms with Crippen molar-refractivity contribution < 1.29 is 24.4 Å². The second-order valence-corrected chi connectivity index (χ2v) is 4.67. The number of aromatic amines is 1. The summed E-state index contributed by atoms with van der Waals surface area (Å²) < 4.78 is 19.2. The van der Waals surface area contributed by atoms with Crippen LogP contribution < -0.4 is 5.56 Å². The monoisotopic (exact) mass is 302 g/mol. The van der Waals surface area contributed by atoms with Gasteiger partial charge in [-0.05, 0) is 12.2 Å². The lowest BCUT2D eigenvalue weighted by Crippen LogP contribution is -2.44. The van der Waals surface area contributed by atoms with Crippen LogP contribution in [0.15, 0.2) is 11.0 Å². The van der Waals surface area contributed by atoms with Gasteiger partial charge >= 0.3 is 0 Å². The number of terminal acetylenes is 1. The van der Waals surface area contributed by atoms with Gasteiger partial charge in [-0.1, -0.05) is 5.92 Å². The Morgan fingerprint density at radius 1 is 1.65 bits per heavy atom. The molecule has 2 heterocycles. The maximum atomic E-state index is 13.3. The molecule has 1 unspecified atom stereocenters. The highest BCUT2D eigenvalue weighted by atomic mass is 32.1. The van der Waals surface area contributed by atoms with Gasteiger partial charge < -0.3 is 20.1 Å². The number of nitrogens with one attached hydrogen (secondary N) is 1. The average Bonchev–Trinajstić information content (AvgIpc) is 2.68. The molecule has 1 saturated heterocycles. The molecule has 20 heavy (non-hydrogen) atoms. The first-order valence-corrected chi connectivity index (χ1v) is 5.90. The van der Waals surface area contributed by atoms with Crippen LogP contribution in [0.2, 0.25) is 0 Å². The van der Waals surface area contributed by atoms with E-state index in [2.05, 4.69) is 5.92 Å². The van der Waals surface area contributed by atoms with E-state index in [1.165, 1.54) is 0 Å². The summed E-state index contributed by atoms with van der Waals surface area (Å²) >= 11 is 4.83. The molecule has 0 amide bonds. The van der Waals surface area contributed by atoms with E-state index in [-0.39, 0.29) is 4.77 Å². The third kappa shape index (κ3) is 2.07. The van der Waals surface area contributed by atoms with Gasteiger partial charge in [0.05, 0.1) is 12.8 Å². The van der Waals surface area contributed by atoms with Crippen LogP contribution in [0.4, 0.5) is 4.39 Å². The lowest BCUT2D eigenvalue weighted by Gasteiger charge is -2.23. The van der Waals surface area contributed by atoms with Crippen LogP contribution in [0.1, 0.15) is 6.23 Å². The zero-order valence-corrected chi connectivity index (χ0v) is 10.8. The SMILES string of the molecule is C#C[C@]1(CO)O[C@@H](n2cc(F)c(=O)[nH]c2=S)C(O)[C@H]1O. The highest BCUT2D eigenvalue weighted by Gasteiger charge is 2.54. The molecule has 1 aromatic heterocycles. The van der Waals surface area contributed by atoms with Crippen molar-refractivity contribution in [3.63, 3.8) is 0 Å². The van der Waals surface area contributed by atoms with E-state index in [0.29, 0.717) is 0 Å². The highest BCUT2D eigenvalue weighted by Crippen LogP contribution is 2.36. The number of nitrogens with zero attached hydrogens (tertiary/aromatic N) is 1. The molecule has 1 aliphatic heterocycles. The molecule has 1 aliphatic rings. The molecule has 1 aromatic rings. The van der Waals surface area contributed by atoms with Crippen molar-refractivity contribution in [2.45, 2.75) is 24.0 Å². The molecule has 108 valence electrons. The Morgan fingerprint density at radius 2 is 2.30 bits per heavy atom. The largest absolute Gasteiger partial charge is 0.392 e. The fourth-order valence-corrected chi connectivity index (χ4v) is 2.20. The number of ether oxygens (including phenoxy) is 1. The maximum absolute atomic E-state index is 13.3. The van der Waals surface area contributed by atoms with Crippen LogP contribution in [0.5, 0.6) is 0 Å². The summed E-state index contributed by atoms with van der Waals surface area (Å²) in [5, 5.41) is 29.0. The molecular weight excluding hydrogens is 291 g/mol. The molecular formula is C11H11FN2O5S. The Labute approximate surface area is 117 Å². The molecule has 4 atom stereocenters. The van der Waals surface area contributed by atoms with Gasteiger partial charge in [0.15, 0.2) is 16.6 Å². The van der Waals surface area contributed by atoms with Gasteiger partial charge in [0, 0.05) is 0 Å². The zero-order chi connectivity index (χ0) is 15.1. The zero-order valence-electron chi connectivity index (χ0n) is 9.99. The summed E-state index contributed by atoms with van der Waals surface area (Å²) in [6, 6.07) is 0. The van der Waals surface area contributed by atoms with E-state index in [9.17, 15) is 24.5 Å². The summed E-state index contributed by atoms with van der Waals surface area (Å²) in [4.78, 5) is 13.1. The first-order valence-electron chi connectivity index (χ1n) is 5.50. The minimum atomic E-state index is -1.83. The van der Waals surface area contributed by atoms with E-state index < -0.39 is 42.0 Å². The summed E-state index contributed by atoms with van der Waals surface area (Å²) in [5.41, 5.74) is -2.85. The van der Waals surface area contributed by atoms with E-state index >= 15 is 0 Å². The first-order chi connectivity index (χ1) is 9.36. The number of halogens is 1. The molecule has 7 nitrogen and oxygen atoms in total. The number of aromatic nitrogens is 2. The molecule has 0 saturated carbocycles. The molecule has 0 aliphatic carbocycles. The molecule has 1 fully saturated rings. The Morgan fingerprint density at radius 3 is 2.80 bits per heavy atom. The van der Waals surface area contributed by atoms with Crippen LogP contribution in [0.25, 0.3) is 0 Å². The number of hydrogen-bond donors (Lipinski definition) is 4. The molecule has 0 bridgehead atoms. The molecule has 2 rings (SSSR count). The predicted molar refractivity (Wildman–Crippen MR) is 66.6 cm³/mol. The molecule has 0 spiro atoms. The third-order valence-corrected chi connectivity index (χ3v) is 3.42. The minimum absolute atomic E-state index is 0.224. The lowest BCUT2D eigenvalue weighted by molar-refractivity contribution is -0.0933.